The normalized spacial score (nSPS) is 14.4. The van der Waals surface area contributed by atoms with Gasteiger partial charge in [0.1, 0.15) is 0 Å². The number of hydrogen-bond donors (Lipinski definition) is 2. The van der Waals surface area contributed by atoms with Crippen LogP contribution in [0.5, 0.6) is 0 Å². The van der Waals surface area contributed by atoms with E-state index in [0.717, 1.165) is 18.5 Å². The van der Waals surface area contributed by atoms with Gasteiger partial charge < -0.3 is 5.32 Å². The van der Waals surface area contributed by atoms with Crippen LogP contribution >= 0.6 is 0 Å². The number of hydrogen-bond acceptors (Lipinski definition) is 3. The van der Waals surface area contributed by atoms with Crippen molar-refractivity contribution in [3.63, 3.8) is 0 Å². The van der Waals surface area contributed by atoms with Crippen molar-refractivity contribution in [1.29, 1.82) is 0 Å². The van der Waals surface area contributed by atoms with Gasteiger partial charge in [0.2, 0.25) is 10.0 Å². The zero-order chi connectivity index (χ0) is 14.7. The minimum Gasteiger partial charge on any atom is -0.310 e. The molecule has 4 nitrogen and oxygen atoms in total. The van der Waals surface area contributed by atoms with E-state index in [2.05, 4.69) is 33.0 Å². The van der Waals surface area contributed by atoms with Gasteiger partial charge in [0.15, 0.2) is 0 Å². The molecule has 0 heterocycles. The molecule has 0 saturated heterocycles. The van der Waals surface area contributed by atoms with E-state index < -0.39 is 10.0 Å². The molecule has 0 spiro atoms. The standard InChI is InChI=1S/C14H24N2O2S/c1-5-14(3,4)10-16-11(2)12-6-8-13(9-7-12)19(15,17)18/h6-9,11,16H,5,10H2,1-4H3,(H2,15,17,18). The summed E-state index contributed by atoms with van der Waals surface area (Å²) >= 11 is 0. The summed E-state index contributed by atoms with van der Waals surface area (Å²) in [6, 6.07) is 6.88. The Hall–Kier alpha value is -0.910. The van der Waals surface area contributed by atoms with Crippen LogP contribution in [-0.4, -0.2) is 15.0 Å². The number of sulfonamides is 1. The molecule has 0 aromatic heterocycles. The first-order valence-corrected chi connectivity index (χ1v) is 8.06. The first-order chi connectivity index (χ1) is 8.65. The van der Waals surface area contributed by atoms with Gasteiger partial charge >= 0.3 is 0 Å². The third kappa shape index (κ3) is 4.93. The smallest absolute Gasteiger partial charge is 0.238 e. The van der Waals surface area contributed by atoms with Crippen molar-refractivity contribution in [3.8, 4) is 0 Å². The molecule has 19 heavy (non-hydrogen) atoms. The molecule has 1 rings (SSSR count). The molecule has 1 unspecified atom stereocenters. The van der Waals surface area contributed by atoms with Gasteiger partial charge in [0, 0.05) is 12.6 Å². The molecule has 5 heteroatoms. The lowest BCUT2D eigenvalue weighted by molar-refractivity contribution is 0.314. The molecule has 0 aliphatic carbocycles. The second-order valence-corrected chi connectivity index (χ2v) is 7.30. The minimum atomic E-state index is -3.61. The quantitative estimate of drug-likeness (QED) is 0.842. The Bertz CT molecular complexity index is 507. The van der Waals surface area contributed by atoms with Crippen LogP contribution in [0.4, 0.5) is 0 Å². The van der Waals surface area contributed by atoms with Crippen molar-refractivity contribution >= 4 is 10.0 Å². The fourth-order valence-electron chi connectivity index (χ4n) is 1.62. The SMILES string of the molecule is CCC(C)(C)CNC(C)c1ccc(S(N)(=O)=O)cc1. The lowest BCUT2D eigenvalue weighted by atomic mass is 9.90. The summed E-state index contributed by atoms with van der Waals surface area (Å²) in [6.07, 6.45) is 1.11. The Morgan fingerprint density at radius 1 is 1.26 bits per heavy atom. The van der Waals surface area contributed by atoms with Crippen molar-refractivity contribution in [2.24, 2.45) is 10.6 Å². The highest BCUT2D eigenvalue weighted by Gasteiger charge is 2.16. The summed E-state index contributed by atoms with van der Waals surface area (Å²) in [5.41, 5.74) is 1.31. The fraction of sp³-hybridized carbons (Fsp3) is 0.571. The van der Waals surface area contributed by atoms with Gasteiger partial charge in [0.25, 0.3) is 0 Å². The molecule has 0 amide bonds. The van der Waals surface area contributed by atoms with E-state index in [1.807, 2.05) is 0 Å². The van der Waals surface area contributed by atoms with Crippen molar-refractivity contribution in [1.82, 2.24) is 5.32 Å². The number of primary sulfonamides is 1. The first-order valence-electron chi connectivity index (χ1n) is 6.52. The van der Waals surface area contributed by atoms with Gasteiger partial charge in [-0.15, -0.1) is 0 Å². The Kier molecular flexibility index (Phi) is 5.12. The van der Waals surface area contributed by atoms with E-state index in [1.165, 1.54) is 0 Å². The van der Waals surface area contributed by atoms with Gasteiger partial charge in [-0.1, -0.05) is 32.9 Å². The van der Waals surface area contributed by atoms with Gasteiger partial charge in [-0.3, -0.25) is 0 Å². The van der Waals surface area contributed by atoms with Crippen LogP contribution in [0.25, 0.3) is 0 Å². The van der Waals surface area contributed by atoms with E-state index in [-0.39, 0.29) is 16.4 Å². The van der Waals surface area contributed by atoms with Crippen LogP contribution < -0.4 is 10.5 Å². The molecule has 0 saturated carbocycles. The van der Waals surface area contributed by atoms with Crippen LogP contribution in [0.2, 0.25) is 0 Å². The van der Waals surface area contributed by atoms with Crippen LogP contribution in [0.1, 0.15) is 45.7 Å². The van der Waals surface area contributed by atoms with Crippen molar-refractivity contribution in [3.05, 3.63) is 29.8 Å². The average molecular weight is 284 g/mol. The van der Waals surface area contributed by atoms with Crippen LogP contribution in [-0.2, 0) is 10.0 Å². The van der Waals surface area contributed by atoms with E-state index in [0.29, 0.717) is 0 Å². The first kappa shape index (κ1) is 16.1. The maximum Gasteiger partial charge on any atom is 0.238 e. The Labute approximate surface area is 116 Å². The van der Waals surface area contributed by atoms with E-state index in [9.17, 15) is 8.42 Å². The number of rotatable bonds is 6. The number of benzene rings is 1. The number of nitrogens with one attached hydrogen (secondary N) is 1. The molecule has 0 bridgehead atoms. The summed E-state index contributed by atoms with van der Waals surface area (Å²) in [5, 5.41) is 8.54. The highest BCUT2D eigenvalue weighted by Crippen LogP contribution is 2.21. The van der Waals surface area contributed by atoms with Gasteiger partial charge in [-0.05, 0) is 36.5 Å². The third-order valence-electron chi connectivity index (χ3n) is 3.55. The van der Waals surface area contributed by atoms with Crippen molar-refractivity contribution in [2.75, 3.05) is 6.54 Å². The van der Waals surface area contributed by atoms with Crippen LogP contribution in [0, 0.1) is 5.41 Å². The Morgan fingerprint density at radius 2 is 1.79 bits per heavy atom. The molecule has 0 aliphatic rings. The fourth-order valence-corrected chi connectivity index (χ4v) is 2.13. The predicted molar refractivity (Wildman–Crippen MR) is 78.3 cm³/mol. The molecular weight excluding hydrogens is 260 g/mol. The van der Waals surface area contributed by atoms with Crippen LogP contribution in [0.3, 0.4) is 0 Å². The zero-order valence-corrected chi connectivity index (χ0v) is 12.9. The molecule has 108 valence electrons. The van der Waals surface area contributed by atoms with Crippen molar-refractivity contribution in [2.45, 2.75) is 45.1 Å². The average Bonchev–Trinajstić information content (AvgIpc) is 2.35. The summed E-state index contributed by atoms with van der Waals surface area (Å²) in [4.78, 5) is 0.150. The van der Waals surface area contributed by atoms with Crippen LogP contribution in [0.15, 0.2) is 29.2 Å². The minimum absolute atomic E-state index is 0.150. The van der Waals surface area contributed by atoms with Gasteiger partial charge in [-0.2, -0.15) is 0 Å². The van der Waals surface area contributed by atoms with E-state index in [1.54, 1.807) is 24.3 Å². The largest absolute Gasteiger partial charge is 0.310 e. The lowest BCUT2D eigenvalue weighted by Crippen LogP contribution is -2.30. The molecule has 1 atom stereocenters. The predicted octanol–water partition coefficient (Wildman–Crippen LogP) is 2.42. The second-order valence-electron chi connectivity index (χ2n) is 5.73. The molecule has 0 fully saturated rings. The topological polar surface area (TPSA) is 72.2 Å². The van der Waals surface area contributed by atoms with Gasteiger partial charge in [0.05, 0.1) is 4.90 Å². The lowest BCUT2D eigenvalue weighted by Gasteiger charge is -2.26. The van der Waals surface area contributed by atoms with Gasteiger partial charge in [-0.25, -0.2) is 13.6 Å². The Balaban J connectivity index is 2.71. The maximum absolute atomic E-state index is 11.2. The highest BCUT2D eigenvalue weighted by molar-refractivity contribution is 7.89. The summed E-state index contributed by atoms with van der Waals surface area (Å²) in [6.45, 7) is 9.60. The highest BCUT2D eigenvalue weighted by atomic mass is 32.2. The monoisotopic (exact) mass is 284 g/mol. The number of nitrogens with two attached hydrogens (primary N) is 1. The maximum atomic E-state index is 11.2. The Morgan fingerprint density at radius 3 is 2.21 bits per heavy atom. The molecular formula is C14H24N2O2S. The molecule has 0 aliphatic heterocycles. The molecule has 1 aromatic carbocycles. The third-order valence-corrected chi connectivity index (χ3v) is 4.48. The summed E-state index contributed by atoms with van der Waals surface area (Å²) in [5.74, 6) is 0. The van der Waals surface area contributed by atoms with Crippen molar-refractivity contribution < 1.29 is 8.42 Å². The van der Waals surface area contributed by atoms with E-state index >= 15 is 0 Å². The molecule has 0 radical (unpaired) electrons. The zero-order valence-electron chi connectivity index (χ0n) is 12.1. The molecule has 1 aromatic rings. The molecule has 3 N–H and O–H groups in total. The summed E-state index contributed by atoms with van der Waals surface area (Å²) < 4.78 is 22.3. The second kappa shape index (κ2) is 6.03. The summed E-state index contributed by atoms with van der Waals surface area (Å²) in [7, 11) is -3.61. The van der Waals surface area contributed by atoms with E-state index in [4.69, 9.17) is 5.14 Å².